The number of anilines is 12. The summed E-state index contributed by atoms with van der Waals surface area (Å²) in [5.41, 5.74) is 22.3. The number of rotatable bonds is 16. The first-order valence-electron chi connectivity index (χ1n) is 29.3. The van der Waals surface area contributed by atoms with Crippen LogP contribution in [0.4, 0.5) is 68.2 Å². The highest BCUT2D eigenvalue weighted by Gasteiger charge is 2.26. The van der Waals surface area contributed by atoms with Gasteiger partial charge in [0.2, 0.25) is 0 Å². The Labute approximate surface area is 504 Å². The van der Waals surface area contributed by atoms with Gasteiger partial charge in [-0.15, -0.1) is 0 Å². The van der Waals surface area contributed by atoms with Crippen molar-refractivity contribution in [3.63, 3.8) is 0 Å². The molecule has 14 aromatic carbocycles. The molecule has 0 bridgehead atoms. The number of hydrogen-bond acceptors (Lipinski definition) is 4. The molecule has 0 heterocycles. The van der Waals surface area contributed by atoms with E-state index in [9.17, 15) is 0 Å². The molecule has 14 rings (SSSR count). The minimum absolute atomic E-state index is 1.06. The van der Waals surface area contributed by atoms with Crippen LogP contribution in [0.25, 0.3) is 55.3 Å². The fourth-order valence-electron chi connectivity index (χ4n) is 12.1. The van der Waals surface area contributed by atoms with Crippen LogP contribution in [0.2, 0.25) is 0 Å². The Morgan fingerprint density at radius 2 is 0.267 bits per heavy atom. The monoisotopic (exact) mass is 1100 g/mol. The van der Waals surface area contributed by atoms with Gasteiger partial charge < -0.3 is 19.6 Å². The number of nitrogens with zero attached hydrogens (tertiary/aromatic N) is 4. The van der Waals surface area contributed by atoms with Crippen molar-refractivity contribution in [2.24, 2.45) is 0 Å². The standard InChI is InChI=1S/C82H60N4/c1-9-27-61(28-10-1)81-79(63-45-49-71(50-46-63)85(69-39-21-7-22-40-69)75-57-53-73(54-58-75)83(65-31-13-3-14-32-65)66-33-15-4-16-34-66)77-43-25-26-44-78(77)80(82(81)62-29-11-2-12-30-62)64-47-51-72(52-48-64)86(70-41-23-8-24-42-70)76-59-55-74(56-60-76)84(67-35-17-5-18-36-67)68-37-19-6-20-38-68/h1-60H. The van der Waals surface area contributed by atoms with Crippen molar-refractivity contribution >= 4 is 79.0 Å². The van der Waals surface area contributed by atoms with Crippen LogP contribution in [0.3, 0.4) is 0 Å². The highest BCUT2D eigenvalue weighted by molar-refractivity contribution is 6.18. The zero-order valence-electron chi connectivity index (χ0n) is 47.4. The molecule has 0 aliphatic carbocycles. The summed E-state index contributed by atoms with van der Waals surface area (Å²) in [6.45, 7) is 0. The molecule has 0 fully saturated rings. The van der Waals surface area contributed by atoms with Crippen molar-refractivity contribution in [2.45, 2.75) is 0 Å². The second-order valence-corrected chi connectivity index (χ2v) is 21.3. The fourth-order valence-corrected chi connectivity index (χ4v) is 12.1. The van der Waals surface area contributed by atoms with E-state index in [0.717, 1.165) is 90.5 Å². The maximum atomic E-state index is 2.35. The molecule has 0 atom stereocenters. The van der Waals surface area contributed by atoms with Gasteiger partial charge >= 0.3 is 0 Å². The van der Waals surface area contributed by atoms with Crippen LogP contribution >= 0.6 is 0 Å². The highest BCUT2D eigenvalue weighted by atomic mass is 15.2. The predicted octanol–water partition coefficient (Wildman–Crippen LogP) is 23.4. The summed E-state index contributed by atoms with van der Waals surface area (Å²) in [5, 5.41) is 2.36. The Bertz CT molecular complexity index is 4120. The van der Waals surface area contributed by atoms with Crippen LogP contribution in [0.15, 0.2) is 364 Å². The molecule has 86 heavy (non-hydrogen) atoms. The first-order chi connectivity index (χ1) is 42.7. The largest absolute Gasteiger partial charge is 0.311 e. The van der Waals surface area contributed by atoms with E-state index >= 15 is 0 Å². The van der Waals surface area contributed by atoms with E-state index < -0.39 is 0 Å². The summed E-state index contributed by atoms with van der Waals surface area (Å²) >= 11 is 0. The second-order valence-electron chi connectivity index (χ2n) is 21.3. The van der Waals surface area contributed by atoms with Gasteiger partial charge in [-0.25, -0.2) is 0 Å². The lowest BCUT2D eigenvalue weighted by molar-refractivity contribution is 1.26. The summed E-state index contributed by atoms with van der Waals surface area (Å²) in [6, 6.07) is 131. The lowest BCUT2D eigenvalue weighted by Gasteiger charge is -2.29. The van der Waals surface area contributed by atoms with Gasteiger partial charge in [-0.3, -0.25) is 0 Å². The van der Waals surface area contributed by atoms with Crippen LogP contribution in [0.1, 0.15) is 0 Å². The molecule has 14 aromatic rings. The summed E-state index contributed by atoms with van der Waals surface area (Å²) in [5.74, 6) is 0. The summed E-state index contributed by atoms with van der Waals surface area (Å²) in [6.07, 6.45) is 0. The molecular formula is C82H60N4. The molecule has 0 amide bonds. The Hall–Kier alpha value is -11.5. The predicted molar refractivity (Wildman–Crippen MR) is 364 cm³/mol. The van der Waals surface area contributed by atoms with Crippen molar-refractivity contribution in [3.8, 4) is 44.5 Å². The first kappa shape index (κ1) is 52.6. The van der Waals surface area contributed by atoms with Gasteiger partial charge in [0.05, 0.1) is 0 Å². The third kappa shape index (κ3) is 10.6. The smallest absolute Gasteiger partial charge is 0.0463 e. The molecule has 0 aliphatic rings. The van der Waals surface area contributed by atoms with E-state index in [-0.39, 0.29) is 0 Å². The third-order valence-electron chi connectivity index (χ3n) is 16.0. The molecule has 4 nitrogen and oxygen atoms in total. The van der Waals surface area contributed by atoms with Gasteiger partial charge in [-0.05, 0) is 201 Å². The maximum absolute atomic E-state index is 2.35. The molecule has 0 radical (unpaired) electrons. The first-order valence-corrected chi connectivity index (χ1v) is 29.3. The Balaban J connectivity index is 0.881. The van der Waals surface area contributed by atoms with Crippen molar-refractivity contribution in [2.75, 3.05) is 19.6 Å². The van der Waals surface area contributed by atoms with Gasteiger partial charge in [0.15, 0.2) is 0 Å². The van der Waals surface area contributed by atoms with E-state index in [1.54, 1.807) is 0 Å². The molecule has 0 N–H and O–H groups in total. The maximum Gasteiger partial charge on any atom is 0.0463 e. The summed E-state index contributed by atoms with van der Waals surface area (Å²) < 4.78 is 0. The molecule has 0 saturated carbocycles. The van der Waals surface area contributed by atoms with Crippen LogP contribution in [0.5, 0.6) is 0 Å². The molecule has 0 aliphatic heterocycles. The number of fused-ring (bicyclic) bond motifs is 1. The second kappa shape index (κ2) is 24.2. The van der Waals surface area contributed by atoms with Crippen molar-refractivity contribution in [1.29, 1.82) is 0 Å². The molecule has 0 unspecified atom stereocenters. The SMILES string of the molecule is c1ccc(-c2c(-c3ccccc3)c(-c3ccc(N(c4ccccc4)c4ccc(N(c5ccccc5)c5ccccc5)cc4)cc3)c3ccccc3c2-c2ccc(N(c3ccccc3)c3ccc(N(c4ccccc4)c4ccccc4)cc3)cc2)cc1. The van der Waals surface area contributed by atoms with E-state index in [1.165, 1.54) is 33.0 Å². The lowest BCUT2D eigenvalue weighted by atomic mass is 9.79. The third-order valence-corrected chi connectivity index (χ3v) is 16.0. The quantitative estimate of drug-likeness (QED) is 0.0956. The average Bonchev–Trinajstić information content (AvgIpc) is 0.994. The summed E-state index contributed by atoms with van der Waals surface area (Å²) in [4.78, 5) is 9.30. The number of para-hydroxylation sites is 6. The van der Waals surface area contributed by atoms with Gasteiger partial charge in [0.1, 0.15) is 0 Å². The van der Waals surface area contributed by atoms with Gasteiger partial charge in [-0.1, -0.05) is 218 Å². The zero-order valence-corrected chi connectivity index (χ0v) is 47.4. The topological polar surface area (TPSA) is 13.0 Å². The van der Waals surface area contributed by atoms with Gasteiger partial charge in [0.25, 0.3) is 0 Å². The normalized spacial score (nSPS) is 11.0. The Morgan fingerprint density at radius 3 is 0.477 bits per heavy atom. The Morgan fingerprint density at radius 1 is 0.116 bits per heavy atom. The van der Waals surface area contributed by atoms with Crippen molar-refractivity contribution in [1.82, 2.24) is 0 Å². The van der Waals surface area contributed by atoms with E-state index in [1.807, 2.05) is 0 Å². The molecular weight excluding hydrogens is 1040 g/mol. The van der Waals surface area contributed by atoms with Crippen LogP contribution < -0.4 is 19.6 Å². The molecule has 0 saturated heterocycles. The Kier molecular flexibility index (Phi) is 14.8. The van der Waals surface area contributed by atoms with Gasteiger partial charge in [-0.2, -0.15) is 0 Å². The van der Waals surface area contributed by atoms with Crippen LogP contribution in [-0.2, 0) is 0 Å². The molecule has 408 valence electrons. The van der Waals surface area contributed by atoms with E-state index in [0.29, 0.717) is 0 Å². The van der Waals surface area contributed by atoms with Crippen LogP contribution in [0, 0.1) is 0 Å². The number of hydrogen-bond donors (Lipinski definition) is 0. The summed E-state index contributed by atoms with van der Waals surface area (Å²) in [7, 11) is 0. The van der Waals surface area contributed by atoms with Crippen LogP contribution in [-0.4, -0.2) is 0 Å². The minimum atomic E-state index is 1.06. The number of benzene rings is 14. The minimum Gasteiger partial charge on any atom is -0.311 e. The zero-order chi connectivity index (χ0) is 57.4. The molecule has 0 spiro atoms. The fraction of sp³-hybridized carbons (Fsp3) is 0. The van der Waals surface area contributed by atoms with E-state index in [4.69, 9.17) is 0 Å². The average molecular weight is 1100 g/mol. The van der Waals surface area contributed by atoms with E-state index in [2.05, 4.69) is 384 Å². The van der Waals surface area contributed by atoms with Gasteiger partial charge in [0, 0.05) is 68.2 Å². The molecule has 0 aromatic heterocycles. The molecule has 4 heteroatoms. The lowest BCUT2D eigenvalue weighted by Crippen LogP contribution is -2.12. The van der Waals surface area contributed by atoms with Crippen molar-refractivity contribution < 1.29 is 0 Å². The van der Waals surface area contributed by atoms with Crippen molar-refractivity contribution in [3.05, 3.63) is 364 Å². The highest BCUT2D eigenvalue weighted by Crippen LogP contribution is 2.52.